The molecule has 1 aliphatic heterocycles. The van der Waals surface area contributed by atoms with Crippen molar-refractivity contribution in [3.05, 3.63) is 36.0 Å². The first-order valence-corrected chi connectivity index (χ1v) is 5.24. The predicted octanol–water partition coefficient (Wildman–Crippen LogP) is 1.67. The summed E-state index contributed by atoms with van der Waals surface area (Å²) in [6.07, 6.45) is 9.57. The van der Waals surface area contributed by atoms with E-state index in [2.05, 4.69) is 24.0 Å². The molecule has 1 heterocycles. The van der Waals surface area contributed by atoms with E-state index < -0.39 is 0 Å². The Balaban J connectivity index is 2.53. The van der Waals surface area contributed by atoms with Crippen LogP contribution in [0.2, 0.25) is 0 Å². The summed E-state index contributed by atoms with van der Waals surface area (Å²) in [6.45, 7) is 3.66. The second kappa shape index (κ2) is 5.54. The van der Waals surface area contributed by atoms with Crippen molar-refractivity contribution >= 4 is 18.2 Å². The summed E-state index contributed by atoms with van der Waals surface area (Å²) >= 11 is 1.57. The first kappa shape index (κ1) is 10.9. The summed E-state index contributed by atoms with van der Waals surface area (Å²) in [6, 6.07) is 0. The summed E-state index contributed by atoms with van der Waals surface area (Å²) in [7, 11) is 1.98. The van der Waals surface area contributed by atoms with Crippen LogP contribution in [0.25, 0.3) is 0 Å². The largest absolute Gasteiger partial charge is 0.346 e. The molecule has 4 heteroatoms. The second-order valence-corrected chi connectivity index (χ2v) is 3.99. The van der Waals surface area contributed by atoms with E-state index in [1.54, 1.807) is 17.8 Å². The Labute approximate surface area is 88.5 Å². The normalized spacial score (nSPS) is 17.2. The number of nitrogens with one attached hydrogen (secondary N) is 1. The summed E-state index contributed by atoms with van der Waals surface area (Å²) in [4.78, 5) is 12.3. The van der Waals surface area contributed by atoms with Crippen LogP contribution < -0.4 is 5.32 Å². The fourth-order valence-electron chi connectivity index (χ4n) is 1.08. The minimum Gasteiger partial charge on any atom is -0.346 e. The van der Waals surface area contributed by atoms with E-state index >= 15 is 0 Å². The van der Waals surface area contributed by atoms with Gasteiger partial charge in [-0.25, -0.2) is 0 Å². The van der Waals surface area contributed by atoms with Gasteiger partial charge >= 0.3 is 0 Å². The smallest absolute Gasteiger partial charge is 0.208 e. The molecular weight excluding hydrogens is 196 g/mol. The molecule has 0 spiro atoms. The predicted molar refractivity (Wildman–Crippen MR) is 60.4 cm³/mol. The van der Waals surface area contributed by atoms with Crippen LogP contribution in [0.1, 0.15) is 6.42 Å². The van der Waals surface area contributed by atoms with Gasteiger partial charge in [-0.3, -0.25) is 4.79 Å². The van der Waals surface area contributed by atoms with Gasteiger partial charge in [-0.05, 0) is 6.42 Å². The van der Waals surface area contributed by atoms with Crippen LogP contribution in [0.5, 0.6) is 0 Å². The number of carbonyl (C=O) groups is 1. The van der Waals surface area contributed by atoms with Gasteiger partial charge in [-0.2, -0.15) is 0 Å². The first-order valence-electron chi connectivity index (χ1n) is 4.36. The van der Waals surface area contributed by atoms with Gasteiger partial charge in [0.15, 0.2) is 0 Å². The van der Waals surface area contributed by atoms with Crippen LogP contribution in [0.3, 0.4) is 0 Å². The molecule has 0 fully saturated rings. The quantitative estimate of drug-likeness (QED) is 0.425. The number of amides is 1. The summed E-state index contributed by atoms with van der Waals surface area (Å²) in [5.41, 5.74) is 0. The highest BCUT2D eigenvalue weighted by molar-refractivity contribution is 8.03. The van der Waals surface area contributed by atoms with Crippen molar-refractivity contribution in [2.75, 3.05) is 7.05 Å². The molecule has 0 aliphatic carbocycles. The molecule has 1 amide bonds. The number of rotatable bonds is 5. The van der Waals surface area contributed by atoms with Gasteiger partial charge in [-0.1, -0.05) is 30.0 Å². The molecular formula is C10H14N2OS. The lowest BCUT2D eigenvalue weighted by Crippen LogP contribution is -2.24. The van der Waals surface area contributed by atoms with E-state index in [-0.39, 0.29) is 5.37 Å². The number of hydrogen-bond donors (Lipinski definition) is 1. The SMILES string of the molecule is C=CC(NC=O)SC1=CCC=CN1C. The van der Waals surface area contributed by atoms with E-state index in [0.29, 0.717) is 6.41 Å². The van der Waals surface area contributed by atoms with E-state index in [1.807, 2.05) is 18.1 Å². The van der Waals surface area contributed by atoms with Crippen LogP contribution in [0.15, 0.2) is 36.0 Å². The molecule has 1 rings (SSSR count). The van der Waals surface area contributed by atoms with Crippen molar-refractivity contribution in [1.29, 1.82) is 0 Å². The van der Waals surface area contributed by atoms with E-state index in [1.165, 1.54) is 0 Å². The van der Waals surface area contributed by atoms with Gasteiger partial charge in [0, 0.05) is 13.2 Å². The maximum atomic E-state index is 10.3. The molecule has 1 aliphatic rings. The Morgan fingerprint density at radius 3 is 3.14 bits per heavy atom. The molecule has 0 radical (unpaired) electrons. The Kier molecular flexibility index (Phi) is 4.32. The monoisotopic (exact) mass is 210 g/mol. The van der Waals surface area contributed by atoms with E-state index in [0.717, 1.165) is 11.4 Å². The zero-order valence-corrected chi connectivity index (χ0v) is 8.96. The van der Waals surface area contributed by atoms with Gasteiger partial charge in [0.1, 0.15) is 0 Å². The van der Waals surface area contributed by atoms with Crippen LogP contribution in [0.4, 0.5) is 0 Å². The number of hydrogen-bond acceptors (Lipinski definition) is 3. The minimum absolute atomic E-state index is 0.0623. The lowest BCUT2D eigenvalue weighted by atomic mass is 10.3. The van der Waals surface area contributed by atoms with Crippen LogP contribution in [0, 0.1) is 0 Å². The molecule has 0 bridgehead atoms. The third-order valence-corrected chi connectivity index (χ3v) is 3.08. The molecule has 14 heavy (non-hydrogen) atoms. The fourth-order valence-corrected chi connectivity index (χ4v) is 1.98. The highest BCUT2D eigenvalue weighted by atomic mass is 32.2. The number of thioether (sulfide) groups is 1. The standard InChI is InChI=1S/C10H14N2OS/c1-3-9(11-8-13)14-10-6-4-5-7-12(10)2/h3,5-9H,1,4H2,2H3,(H,11,13). The summed E-state index contributed by atoms with van der Waals surface area (Å²) in [5, 5.41) is 3.74. The lowest BCUT2D eigenvalue weighted by molar-refractivity contribution is -0.109. The minimum atomic E-state index is -0.0623. The van der Waals surface area contributed by atoms with Crippen molar-refractivity contribution in [1.82, 2.24) is 10.2 Å². The highest BCUT2D eigenvalue weighted by Crippen LogP contribution is 2.26. The van der Waals surface area contributed by atoms with Gasteiger partial charge in [0.2, 0.25) is 6.41 Å². The number of nitrogens with zero attached hydrogens (tertiary/aromatic N) is 1. The lowest BCUT2D eigenvalue weighted by Gasteiger charge is -2.23. The summed E-state index contributed by atoms with van der Waals surface area (Å²) in [5.74, 6) is 0. The average molecular weight is 210 g/mol. The topological polar surface area (TPSA) is 32.3 Å². The van der Waals surface area contributed by atoms with Crippen molar-refractivity contribution in [3.8, 4) is 0 Å². The molecule has 0 saturated heterocycles. The molecule has 1 unspecified atom stereocenters. The maximum Gasteiger partial charge on any atom is 0.208 e. The van der Waals surface area contributed by atoms with Crippen LogP contribution in [-0.4, -0.2) is 23.7 Å². The van der Waals surface area contributed by atoms with Crippen molar-refractivity contribution in [3.63, 3.8) is 0 Å². The number of allylic oxidation sites excluding steroid dienone is 2. The van der Waals surface area contributed by atoms with Crippen LogP contribution in [-0.2, 0) is 4.79 Å². The Hall–Kier alpha value is -1.16. The first-order chi connectivity index (χ1) is 6.77. The van der Waals surface area contributed by atoms with Crippen LogP contribution >= 0.6 is 11.8 Å². The van der Waals surface area contributed by atoms with Crippen molar-refractivity contribution < 1.29 is 4.79 Å². The summed E-state index contributed by atoms with van der Waals surface area (Å²) < 4.78 is 0. The zero-order chi connectivity index (χ0) is 10.4. The molecule has 76 valence electrons. The zero-order valence-electron chi connectivity index (χ0n) is 8.14. The van der Waals surface area contributed by atoms with Gasteiger partial charge in [0.05, 0.1) is 10.4 Å². The molecule has 3 nitrogen and oxygen atoms in total. The van der Waals surface area contributed by atoms with Gasteiger partial charge in [0.25, 0.3) is 0 Å². The van der Waals surface area contributed by atoms with Crippen molar-refractivity contribution in [2.45, 2.75) is 11.8 Å². The third kappa shape index (κ3) is 2.96. The Morgan fingerprint density at radius 2 is 2.57 bits per heavy atom. The fraction of sp³-hybridized carbons (Fsp3) is 0.300. The molecule has 1 N–H and O–H groups in total. The molecule has 0 saturated carbocycles. The van der Waals surface area contributed by atoms with Gasteiger partial charge in [-0.15, -0.1) is 6.58 Å². The molecule has 1 atom stereocenters. The Morgan fingerprint density at radius 1 is 1.79 bits per heavy atom. The van der Waals surface area contributed by atoms with Gasteiger partial charge < -0.3 is 10.2 Å². The average Bonchev–Trinajstić information content (AvgIpc) is 2.20. The van der Waals surface area contributed by atoms with Crippen molar-refractivity contribution in [2.24, 2.45) is 0 Å². The number of carbonyl (C=O) groups excluding carboxylic acids is 1. The van der Waals surface area contributed by atoms with E-state index in [9.17, 15) is 4.79 Å². The highest BCUT2D eigenvalue weighted by Gasteiger charge is 2.10. The van der Waals surface area contributed by atoms with E-state index in [4.69, 9.17) is 0 Å². The second-order valence-electron chi connectivity index (χ2n) is 2.83. The maximum absolute atomic E-state index is 10.3. The molecule has 0 aromatic rings. The Bertz CT molecular complexity index is 273. The third-order valence-electron chi connectivity index (χ3n) is 1.80. The molecule has 0 aromatic heterocycles. The molecule has 0 aromatic carbocycles.